The number of morpholine rings is 1. The quantitative estimate of drug-likeness (QED) is 0.782. The fourth-order valence-corrected chi connectivity index (χ4v) is 2.48. The molecule has 1 aliphatic heterocycles. The minimum absolute atomic E-state index is 0. The minimum atomic E-state index is -0.185. The highest BCUT2D eigenvalue weighted by Crippen LogP contribution is 2.26. The van der Waals surface area contributed by atoms with Crippen molar-refractivity contribution in [3.63, 3.8) is 0 Å². The van der Waals surface area contributed by atoms with Gasteiger partial charge in [-0.1, -0.05) is 29.4 Å². The fraction of sp³-hybridized carbons (Fsp3) is 0.267. The van der Waals surface area contributed by atoms with Crippen LogP contribution in [0.1, 0.15) is 12.0 Å². The fourth-order valence-electron chi connectivity index (χ4n) is 2.48. The first-order chi connectivity index (χ1) is 10.4. The molecule has 0 amide bonds. The molecule has 1 fully saturated rings. The third kappa shape index (κ3) is 2.68. The lowest BCUT2D eigenvalue weighted by atomic mass is 10.1. The number of halogens is 1. The molecule has 4 rings (SSSR count). The summed E-state index contributed by atoms with van der Waals surface area (Å²) >= 11 is 0. The molecule has 0 radical (unpaired) electrons. The first-order valence-corrected chi connectivity index (χ1v) is 6.92. The van der Waals surface area contributed by atoms with Gasteiger partial charge in [-0.3, -0.25) is 4.98 Å². The third-order valence-corrected chi connectivity index (χ3v) is 3.53. The summed E-state index contributed by atoms with van der Waals surface area (Å²) in [5.41, 5.74) is 0.729. The van der Waals surface area contributed by atoms with Gasteiger partial charge in [0.15, 0.2) is 0 Å². The Hall–Kier alpha value is -2.02. The molecule has 0 aliphatic carbocycles. The molecule has 0 unspecified atom stereocenters. The van der Waals surface area contributed by atoms with Crippen LogP contribution in [0.3, 0.4) is 0 Å². The summed E-state index contributed by atoms with van der Waals surface area (Å²) in [6.45, 7) is 2.18. The molecule has 0 saturated carbocycles. The summed E-state index contributed by atoms with van der Waals surface area (Å²) in [7, 11) is 0. The number of hydrogen-bond acceptors (Lipinski definition) is 6. The Balaban J connectivity index is 0.00000144. The van der Waals surface area contributed by atoms with Gasteiger partial charge in [0.1, 0.15) is 11.8 Å². The first-order valence-electron chi connectivity index (χ1n) is 6.92. The molecule has 22 heavy (non-hydrogen) atoms. The number of nitrogens with one attached hydrogen (secondary N) is 1. The number of nitrogens with zero attached hydrogens (tertiary/aromatic N) is 3. The number of hydrogen-bond donors (Lipinski definition) is 1. The Labute approximate surface area is 133 Å². The van der Waals surface area contributed by atoms with Gasteiger partial charge >= 0.3 is 0 Å². The molecule has 0 spiro atoms. The Bertz CT molecular complexity index is 766. The van der Waals surface area contributed by atoms with E-state index in [0.29, 0.717) is 24.9 Å². The van der Waals surface area contributed by atoms with Gasteiger partial charge in [0.25, 0.3) is 5.89 Å². The van der Waals surface area contributed by atoms with Crippen LogP contribution in [0.5, 0.6) is 0 Å². The van der Waals surface area contributed by atoms with Crippen LogP contribution in [0.4, 0.5) is 0 Å². The topological polar surface area (TPSA) is 73.1 Å². The van der Waals surface area contributed by atoms with Crippen molar-refractivity contribution in [1.82, 2.24) is 20.4 Å². The van der Waals surface area contributed by atoms with Crippen molar-refractivity contribution in [2.45, 2.75) is 6.10 Å². The zero-order valence-corrected chi connectivity index (χ0v) is 12.5. The van der Waals surface area contributed by atoms with Crippen LogP contribution in [0.15, 0.2) is 41.1 Å². The monoisotopic (exact) mass is 318 g/mol. The van der Waals surface area contributed by atoms with E-state index in [2.05, 4.69) is 20.4 Å². The summed E-state index contributed by atoms with van der Waals surface area (Å²) in [5, 5.41) is 9.41. The standard InChI is InChI=1S/C15H14N4O2.ClH/c1-2-4-11-10(3-1)5-6-17-13(11)14-18-15(21-19-14)12-9-16-7-8-20-12;/h1-6,12,16H,7-9H2;1H/t12-;/m0./s1. The third-order valence-electron chi connectivity index (χ3n) is 3.53. The van der Waals surface area contributed by atoms with E-state index in [9.17, 15) is 0 Å². The van der Waals surface area contributed by atoms with Gasteiger partial charge in [0.2, 0.25) is 5.82 Å². The second kappa shape index (κ2) is 6.39. The van der Waals surface area contributed by atoms with Crippen LogP contribution in [-0.2, 0) is 4.74 Å². The summed E-state index contributed by atoms with van der Waals surface area (Å²) in [6, 6.07) is 9.98. The molecule has 1 N–H and O–H groups in total. The molecule has 1 aromatic carbocycles. The van der Waals surface area contributed by atoms with Crippen LogP contribution in [0.25, 0.3) is 22.3 Å². The van der Waals surface area contributed by atoms with Crippen LogP contribution >= 0.6 is 12.4 Å². The van der Waals surface area contributed by atoms with E-state index in [4.69, 9.17) is 9.26 Å². The van der Waals surface area contributed by atoms with Crippen LogP contribution in [-0.4, -0.2) is 34.8 Å². The molecule has 3 aromatic rings. The van der Waals surface area contributed by atoms with E-state index in [0.717, 1.165) is 23.0 Å². The van der Waals surface area contributed by atoms with Crippen molar-refractivity contribution < 1.29 is 9.26 Å². The smallest absolute Gasteiger partial charge is 0.257 e. The molecule has 7 heteroatoms. The highest BCUT2D eigenvalue weighted by Gasteiger charge is 2.23. The van der Waals surface area contributed by atoms with Gasteiger partial charge in [-0.25, -0.2) is 0 Å². The number of aromatic nitrogens is 3. The van der Waals surface area contributed by atoms with Gasteiger partial charge in [-0.2, -0.15) is 4.98 Å². The molecule has 2 aromatic heterocycles. The Morgan fingerprint density at radius 2 is 2.09 bits per heavy atom. The molecular formula is C15H15ClN4O2. The van der Waals surface area contributed by atoms with Gasteiger partial charge < -0.3 is 14.6 Å². The second-order valence-electron chi connectivity index (χ2n) is 4.90. The summed E-state index contributed by atoms with van der Waals surface area (Å²) in [4.78, 5) is 8.84. The van der Waals surface area contributed by atoms with Crippen molar-refractivity contribution in [2.75, 3.05) is 19.7 Å². The largest absolute Gasteiger partial charge is 0.366 e. The van der Waals surface area contributed by atoms with E-state index in [1.807, 2.05) is 30.3 Å². The van der Waals surface area contributed by atoms with Crippen molar-refractivity contribution in [3.8, 4) is 11.5 Å². The van der Waals surface area contributed by atoms with Crippen molar-refractivity contribution >= 4 is 23.2 Å². The predicted molar refractivity (Wildman–Crippen MR) is 83.8 cm³/mol. The lowest BCUT2D eigenvalue weighted by molar-refractivity contribution is 0.00755. The van der Waals surface area contributed by atoms with E-state index >= 15 is 0 Å². The van der Waals surface area contributed by atoms with Crippen LogP contribution in [0.2, 0.25) is 0 Å². The molecule has 1 saturated heterocycles. The number of fused-ring (bicyclic) bond motifs is 1. The summed E-state index contributed by atoms with van der Waals surface area (Å²) in [5.74, 6) is 0.989. The molecule has 1 aliphatic rings. The molecule has 0 bridgehead atoms. The van der Waals surface area contributed by atoms with Crippen molar-refractivity contribution in [1.29, 1.82) is 0 Å². The average molecular weight is 319 g/mol. The van der Waals surface area contributed by atoms with E-state index in [-0.39, 0.29) is 18.5 Å². The van der Waals surface area contributed by atoms with Crippen LogP contribution < -0.4 is 5.32 Å². The minimum Gasteiger partial charge on any atom is -0.366 e. The van der Waals surface area contributed by atoms with Crippen molar-refractivity contribution in [3.05, 3.63) is 42.4 Å². The average Bonchev–Trinajstić information content (AvgIpc) is 3.05. The zero-order valence-electron chi connectivity index (χ0n) is 11.7. The molecule has 3 heterocycles. The molecular weight excluding hydrogens is 304 g/mol. The maximum atomic E-state index is 5.62. The van der Waals surface area contributed by atoms with Gasteiger partial charge in [0.05, 0.1) is 6.61 Å². The molecule has 1 atom stereocenters. The number of pyridine rings is 1. The summed E-state index contributed by atoms with van der Waals surface area (Å²) in [6.07, 6.45) is 1.57. The zero-order chi connectivity index (χ0) is 14.1. The van der Waals surface area contributed by atoms with Gasteiger partial charge in [-0.15, -0.1) is 12.4 Å². The van der Waals surface area contributed by atoms with E-state index in [1.54, 1.807) is 6.20 Å². The molecule has 6 nitrogen and oxygen atoms in total. The lowest BCUT2D eigenvalue weighted by Crippen LogP contribution is -2.33. The van der Waals surface area contributed by atoms with E-state index in [1.165, 1.54) is 0 Å². The normalized spacial score (nSPS) is 18.1. The maximum Gasteiger partial charge on any atom is 0.257 e. The summed E-state index contributed by atoms with van der Waals surface area (Å²) < 4.78 is 11.0. The highest BCUT2D eigenvalue weighted by atomic mass is 35.5. The Kier molecular flexibility index (Phi) is 4.33. The Morgan fingerprint density at radius 3 is 2.95 bits per heavy atom. The predicted octanol–water partition coefficient (Wildman–Crippen LogP) is 2.37. The van der Waals surface area contributed by atoms with Gasteiger partial charge in [-0.05, 0) is 11.5 Å². The number of benzene rings is 1. The second-order valence-corrected chi connectivity index (χ2v) is 4.90. The highest BCUT2D eigenvalue weighted by molar-refractivity contribution is 5.92. The first kappa shape index (κ1) is 14.9. The lowest BCUT2D eigenvalue weighted by Gasteiger charge is -2.19. The van der Waals surface area contributed by atoms with E-state index < -0.39 is 0 Å². The Morgan fingerprint density at radius 1 is 1.18 bits per heavy atom. The number of ether oxygens (including phenoxy) is 1. The molecule has 114 valence electrons. The SMILES string of the molecule is Cl.c1ccc2c(-c3noc([C@@H]4CNCCO4)n3)nccc2c1. The van der Waals surface area contributed by atoms with Crippen molar-refractivity contribution in [2.24, 2.45) is 0 Å². The maximum absolute atomic E-state index is 5.62. The van der Waals surface area contributed by atoms with Gasteiger partial charge in [0, 0.05) is 24.7 Å². The van der Waals surface area contributed by atoms with Crippen LogP contribution in [0, 0.1) is 0 Å². The number of rotatable bonds is 2.